The molecule has 0 aromatic carbocycles. The minimum atomic E-state index is -0.0283. The smallest absolute Gasteiger partial charge is 0.216 e. The molecule has 0 aliphatic rings. The average molecular weight is 384 g/mol. The summed E-state index contributed by atoms with van der Waals surface area (Å²) in [5, 5.41) is 5.65. The minimum Gasteiger partial charge on any atom is -0.370 e. The molecule has 0 aliphatic heterocycles. The van der Waals surface area contributed by atoms with E-state index in [0.717, 1.165) is 13.0 Å². The number of nitrogens with zero attached hydrogens (tertiary/aromatic N) is 1. The first-order chi connectivity index (χ1) is 8.66. The first kappa shape index (κ1) is 20.8. The van der Waals surface area contributed by atoms with Gasteiger partial charge in [-0.1, -0.05) is 39.0 Å². The lowest BCUT2D eigenvalue weighted by Crippen LogP contribution is -2.38. The number of amides is 1. The maximum Gasteiger partial charge on any atom is 0.216 e. The fraction of sp³-hybridized carbons (Fsp3) is 0.846. The molecule has 0 spiro atoms. The van der Waals surface area contributed by atoms with Crippen molar-refractivity contribution in [3.63, 3.8) is 0 Å². The Morgan fingerprint density at radius 2 is 1.63 bits per heavy atom. The van der Waals surface area contributed by atoms with Gasteiger partial charge in [0.05, 0.1) is 0 Å². The molecule has 6 heteroatoms. The first-order valence-corrected chi connectivity index (χ1v) is 6.95. The van der Waals surface area contributed by atoms with Gasteiger partial charge in [0.1, 0.15) is 0 Å². The maximum absolute atomic E-state index is 10.6. The molecule has 0 aromatic heterocycles. The molecule has 0 heterocycles. The van der Waals surface area contributed by atoms with Crippen LogP contribution in [0.2, 0.25) is 0 Å². The van der Waals surface area contributed by atoms with E-state index in [1.54, 1.807) is 0 Å². The van der Waals surface area contributed by atoms with Gasteiger partial charge >= 0.3 is 0 Å². The molecule has 0 atom stereocenters. The first-order valence-electron chi connectivity index (χ1n) is 6.95. The van der Waals surface area contributed by atoms with Gasteiger partial charge in [0.15, 0.2) is 5.96 Å². The zero-order chi connectivity index (χ0) is 13.6. The Balaban J connectivity index is 0. The van der Waals surface area contributed by atoms with Gasteiger partial charge in [0, 0.05) is 26.6 Å². The molecule has 0 radical (unpaired) electrons. The Morgan fingerprint density at radius 3 is 2.26 bits per heavy atom. The van der Waals surface area contributed by atoms with Crippen LogP contribution in [0, 0.1) is 0 Å². The molecule has 0 fully saturated rings. The summed E-state index contributed by atoms with van der Waals surface area (Å²) in [5.41, 5.74) is 5.68. The van der Waals surface area contributed by atoms with Crippen molar-refractivity contribution >= 4 is 35.8 Å². The number of nitrogens with one attached hydrogen (secondary N) is 2. The lowest BCUT2D eigenvalue weighted by atomic mass is 10.1. The summed E-state index contributed by atoms with van der Waals surface area (Å²) in [5.74, 6) is 0.438. The van der Waals surface area contributed by atoms with E-state index in [1.807, 2.05) is 0 Å². The summed E-state index contributed by atoms with van der Waals surface area (Å²) in [4.78, 5) is 14.8. The van der Waals surface area contributed by atoms with E-state index in [-0.39, 0.29) is 29.9 Å². The monoisotopic (exact) mass is 384 g/mol. The summed E-state index contributed by atoms with van der Waals surface area (Å²) < 4.78 is 0. The molecule has 0 bridgehead atoms. The SMILES string of the molecule is CCCCCCCCN=C(N)NCCNC(C)=O.I. The Bertz CT molecular complexity index is 247. The summed E-state index contributed by atoms with van der Waals surface area (Å²) >= 11 is 0. The molecule has 19 heavy (non-hydrogen) atoms. The van der Waals surface area contributed by atoms with Gasteiger partial charge in [0.2, 0.25) is 5.91 Å². The number of hydrogen-bond donors (Lipinski definition) is 3. The van der Waals surface area contributed by atoms with Crippen molar-refractivity contribution in [1.29, 1.82) is 0 Å². The van der Waals surface area contributed by atoms with Crippen molar-refractivity contribution in [3.8, 4) is 0 Å². The number of unbranched alkanes of at least 4 members (excludes halogenated alkanes) is 5. The Labute approximate surface area is 134 Å². The molecule has 0 aliphatic carbocycles. The summed E-state index contributed by atoms with van der Waals surface area (Å²) in [6.45, 7) is 5.69. The predicted octanol–water partition coefficient (Wildman–Crippen LogP) is 2.01. The summed E-state index contributed by atoms with van der Waals surface area (Å²) in [6.07, 6.45) is 7.55. The topological polar surface area (TPSA) is 79.5 Å². The molecule has 114 valence electrons. The van der Waals surface area contributed by atoms with E-state index in [2.05, 4.69) is 22.5 Å². The number of rotatable bonds is 10. The van der Waals surface area contributed by atoms with Crippen LogP contribution in [-0.4, -0.2) is 31.5 Å². The minimum absolute atomic E-state index is 0. The lowest BCUT2D eigenvalue weighted by Gasteiger charge is -2.05. The third-order valence-corrected chi connectivity index (χ3v) is 2.60. The molecule has 5 nitrogen and oxygen atoms in total. The van der Waals surface area contributed by atoms with Gasteiger partial charge in [0.25, 0.3) is 0 Å². The Hall–Kier alpha value is -0.530. The molecule has 4 N–H and O–H groups in total. The van der Waals surface area contributed by atoms with E-state index in [1.165, 1.54) is 39.0 Å². The number of halogens is 1. The number of hydrogen-bond acceptors (Lipinski definition) is 2. The van der Waals surface area contributed by atoms with Gasteiger partial charge in [-0.3, -0.25) is 9.79 Å². The second-order valence-electron chi connectivity index (χ2n) is 4.44. The van der Waals surface area contributed by atoms with Crippen LogP contribution in [0.3, 0.4) is 0 Å². The maximum atomic E-state index is 10.6. The van der Waals surface area contributed by atoms with Crippen LogP contribution >= 0.6 is 24.0 Å². The quantitative estimate of drug-likeness (QED) is 0.233. The zero-order valence-corrected chi connectivity index (χ0v) is 14.5. The molecule has 0 aromatic rings. The number of guanidine groups is 1. The highest BCUT2D eigenvalue weighted by Gasteiger charge is 1.93. The van der Waals surface area contributed by atoms with Crippen molar-refractivity contribution in [2.75, 3.05) is 19.6 Å². The Kier molecular flexibility index (Phi) is 17.0. The molecular weight excluding hydrogens is 355 g/mol. The fourth-order valence-electron chi connectivity index (χ4n) is 1.58. The molecule has 0 rings (SSSR count). The van der Waals surface area contributed by atoms with Gasteiger partial charge < -0.3 is 16.4 Å². The Morgan fingerprint density at radius 1 is 1.05 bits per heavy atom. The second-order valence-corrected chi connectivity index (χ2v) is 4.44. The van der Waals surface area contributed by atoms with Crippen LogP contribution in [0.1, 0.15) is 52.4 Å². The molecule has 0 saturated heterocycles. The van der Waals surface area contributed by atoms with E-state index in [4.69, 9.17) is 5.73 Å². The van der Waals surface area contributed by atoms with Crippen molar-refractivity contribution in [1.82, 2.24) is 10.6 Å². The van der Waals surface area contributed by atoms with E-state index in [0.29, 0.717) is 19.0 Å². The van der Waals surface area contributed by atoms with Crippen LogP contribution < -0.4 is 16.4 Å². The van der Waals surface area contributed by atoms with Crippen LogP contribution in [0.5, 0.6) is 0 Å². The number of carbonyl (C=O) groups excluding carboxylic acids is 1. The largest absolute Gasteiger partial charge is 0.370 e. The van der Waals surface area contributed by atoms with Crippen LogP contribution in [-0.2, 0) is 4.79 Å². The number of aliphatic imine (C=N–C) groups is 1. The highest BCUT2D eigenvalue weighted by atomic mass is 127. The van der Waals surface area contributed by atoms with E-state index < -0.39 is 0 Å². The third kappa shape index (κ3) is 17.5. The zero-order valence-electron chi connectivity index (χ0n) is 12.2. The van der Waals surface area contributed by atoms with Crippen LogP contribution in [0.4, 0.5) is 0 Å². The lowest BCUT2D eigenvalue weighted by molar-refractivity contribution is -0.118. The molecule has 0 unspecified atom stereocenters. The van der Waals surface area contributed by atoms with Crippen molar-refractivity contribution in [3.05, 3.63) is 0 Å². The second kappa shape index (κ2) is 15.5. The summed E-state index contributed by atoms with van der Waals surface area (Å²) in [6, 6.07) is 0. The standard InChI is InChI=1S/C13H28N4O.HI/c1-3-4-5-6-7-8-9-16-13(14)17-11-10-15-12(2)18;/h3-11H2,1-2H3,(H,15,18)(H3,14,16,17);1H. The van der Waals surface area contributed by atoms with E-state index in [9.17, 15) is 4.79 Å². The summed E-state index contributed by atoms with van der Waals surface area (Å²) in [7, 11) is 0. The molecular formula is C13H29IN4O. The van der Waals surface area contributed by atoms with Crippen LogP contribution in [0.15, 0.2) is 4.99 Å². The third-order valence-electron chi connectivity index (χ3n) is 2.60. The predicted molar refractivity (Wildman–Crippen MR) is 92.0 cm³/mol. The van der Waals surface area contributed by atoms with Gasteiger partial charge in [-0.2, -0.15) is 0 Å². The number of carbonyl (C=O) groups is 1. The highest BCUT2D eigenvalue weighted by molar-refractivity contribution is 14.0. The van der Waals surface area contributed by atoms with Crippen molar-refractivity contribution in [2.24, 2.45) is 10.7 Å². The van der Waals surface area contributed by atoms with Gasteiger partial charge in [-0.25, -0.2) is 0 Å². The molecule has 1 amide bonds. The van der Waals surface area contributed by atoms with Crippen LogP contribution in [0.25, 0.3) is 0 Å². The normalized spacial score (nSPS) is 10.7. The van der Waals surface area contributed by atoms with Crippen molar-refractivity contribution in [2.45, 2.75) is 52.4 Å². The number of nitrogens with two attached hydrogens (primary N) is 1. The molecule has 0 saturated carbocycles. The average Bonchev–Trinajstić information content (AvgIpc) is 2.33. The highest BCUT2D eigenvalue weighted by Crippen LogP contribution is 2.04. The van der Waals surface area contributed by atoms with Gasteiger partial charge in [-0.05, 0) is 6.42 Å². The van der Waals surface area contributed by atoms with Gasteiger partial charge in [-0.15, -0.1) is 24.0 Å². The van der Waals surface area contributed by atoms with Crippen molar-refractivity contribution < 1.29 is 4.79 Å². The fourth-order valence-corrected chi connectivity index (χ4v) is 1.58. The van der Waals surface area contributed by atoms with E-state index >= 15 is 0 Å².